The summed E-state index contributed by atoms with van der Waals surface area (Å²) >= 11 is 6.75. The van der Waals surface area contributed by atoms with Crippen LogP contribution in [0.4, 0.5) is 0 Å². The van der Waals surface area contributed by atoms with Gasteiger partial charge in [0.15, 0.2) is 0 Å². The van der Waals surface area contributed by atoms with E-state index in [1.165, 1.54) is 33.2 Å². The van der Waals surface area contributed by atoms with Crippen LogP contribution in [0.3, 0.4) is 0 Å². The van der Waals surface area contributed by atoms with Crippen molar-refractivity contribution in [3.8, 4) is 0 Å². The standard InChI is InChI=1S/C27H25PS/c1-20-26(2)19-28(29,27(20,3)23-17-11-6-12-18-23)25(22-15-9-5-10-16-22)24(26)21-13-7-4-8-14-21/h4-18H,1,19H2,2-3H3/t26-,27+,28?/m0/s1. The number of fused-ring (bicyclic) bond motifs is 2. The molecule has 2 aliphatic rings. The van der Waals surface area contributed by atoms with Crippen LogP contribution in [0.25, 0.3) is 10.9 Å². The summed E-state index contributed by atoms with van der Waals surface area (Å²) in [5, 5.41) is 1.24. The fourth-order valence-electron chi connectivity index (χ4n) is 5.58. The van der Waals surface area contributed by atoms with Crippen molar-refractivity contribution in [2.45, 2.75) is 19.0 Å². The molecule has 3 aromatic rings. The van der Waals surface area contributed by atoms with Gasteiger partial charge in [0.1, 0.15) is 0 Å². The summed E-state index contributed by atoms with van der Waals surface area (Å²) < 4.78 is 0. The van der Waals surface area contributed by atoms with Gasteiger partial charge in [0, 0.05) is 10.6 Å². The highest BCUT2D eigenvalue weighted by Crippen LogP contribution is 2.89. The molecule has 1 saturated heterocycles. The summed E-state index contributed by atoms with van der Waals surface area (Å²) in [5.41, 5.74) is 6.48. The normalized spacial score (nSPS) is 30.8. The van der Waals surface area contributed by atoms with Crippen LogP contribution in [-0.2, 0) is 17.0 Å². The number of benzene rings is 3. The lowest BCUT2D eigenvalue weighted by molar-refractivity contribution is 0.582. The smallest absolute Gasteiger partial charge is 0.0468 e. The molecule has 2 aliphatic heterocycles. The average molecular weight is 413 g/mol. The molecule has 0 saturated carbocycles. The van der Waals surface area contributed by atoms with E-state index in [1.807, 2.05) is 0 Å². The first-order valence-corrected chi connectivity index (χ1v) is 13.1. The van der Waals surface area contributed by atoms with Gasteiger partial charge in [-0.1, -0.05) is 122 Å². The fourth-order valence-corrected chi connectivity index (χ4v) is 12.3. The molecule has 0 nitrogen and oxygen atoms in total. The van der Waals surface area contributed by atoms with E-state index in [1.54, 1.807) is 0 Å². The van der Waals surface area contributed by atoms with Crippen molar-refractivity contribution >= 4 is 28.7 Å². The van der Waals surface area contributed by atoms with Gasteiger partial charge in [-0.3, -0.25) is 0 Å². The largest absolute Gasteiger partial charge is 0.0977 e. The summed E-state index contributed by atoms with van der Waals surface area (Å²) in [6.45, 7) is 9.45. The zero-order valence-corrected chi connectivity index (χ0v) is 18.6. The molecule has 5 rings (SSSR count). The Kier molecular flexibility index (Phi) is 4.14. The molecule has 0 radical (unpaired) electrons. The molecule has 0 amide bonds. The Hall–Kier alpha value is -2.21. The second-order valence-corrected chi connectivity index (χ2v) is 13.6. The molecule has 0 N–H and O–H groups in total. The third kappa shape index (κ3) is 2.35. The maximum atomic E-state index is 6.75. The van der Waals surface area contributed by atoms with Crippen molar-refractivity contribution in [1.82, 2.24) is 0 Å². The summed E-state index contributed by atoms with van der Waals surface area (Å²) in [7, 11) is 0. The molecule has 2 bridgehead atoms. The van der Waals surface area contributed by atoms with Crippen LogP contribution in [-0.4, -0.2) is 6.16 Å². The van der Waals surface area contributed by atoms with Crippen molar-refractivity contribution in [2.24, 2.45) is 5.41 Å². The molecule has 2 heterocycles. The first-order chi connectivity index (χ1) is 13.9. The summed E-state index contributed by atoms with van der Waals surface area (Å²) in [4.78, 5) is 0. The van der Waals surface area contributed by atoms with Crippen LogP contribution in [0.2, 0.25) is 0 Å². The molecule has 0 spiro atoms. The highest BCUT2D eigenvalue weighted by Gasteiger charge is 2.65. The van der Waals surface area contributed by atoms with E-state index >= 15 is 0 Å². The minimum atomic E-state index is -1.98. The lowest BCUT2D eigenvalue weighted by atomic mass is 9.69. The predicted octanol–water partition coefficient (Wildman–Crippen LogP) is 7.54. The molecule has 1 unspecified atom stereocenters. The van der Waals surface area contributed by atoms with Crippen LogP contribution >= 0.6 is 6.04 Å². The average Bonchev–Trinajstić information content (AvgIpc) is 3.11. The van der Waals surface area contributed by atoms with E-state index in [-0.39, 0.29) is 10.6 Å². The first kappa shape index (κ1) is 18.8. The Labute approximate surface area is 179 Å². The van der Waals surface area contributed by atoms with Gasteiger partial charge in [0.25, 0.3) is 0 Å². The Morgan fingerprint density at radius 1 is 0.759 bits per heavy atom. The lowest BCUT2D eigenvalue weighted by Crippen LogP contribution is -2.29. The maximum absolute atomic E-state index is 6.75. The molecule has 1 fully saturated rings. The molecule has 0 aliphatic carbocycles. The molecular formula is C27H25PS. The van der Waals surface area contributed by atoms with Crippen LogP contribution in [0.5, 0.6) is 0 Å². The van der Waals surface area contributed by atoms with E-state index in [0.29, 0.717) is 0 Å². The van der Waals surface area contributed by atoms with Crippen molar-refractivity contribution in [1.29, 1.82) is 0 Å². The zero-order valence-electron chi connectivity index (χ0n) is 16.9. The van der Waals surface area contributed by atoms with Crippen LogP contribution in [0.1, 0.15) is 30.5 Å². The van der Waals surface area contributed by atoms with E-state index in [9.17, 15) is 0 Å². The highest BCUT2D eigenvalue weighted by atomic mass is 32.4. The summed E-state index contributed by atoms with van der Waals surface area (Å²) in [6.07, 6.45) is 1.02. The van der Waals surface area contributed by atoms with Gasteiger partial charge < -0.3 is 0 Å². The monoisotopic (exact) mass is 412 g/mol. The van der Waals surface area contributed by atoms with Crippen molar-refractivity contribution in [3.05, 3.63) is 120 Å². The Balaban J connectivity index is 1.88. The van der Waals surface area contributed by atoms with Gasteiger partial charge >= 0.3 is 0 Å². The van der Waals surface area contributed by atoms with E-state index in [2.05, 4.69) is 105 Å². The minimum absolute atomic E-state index is 0.105. The van der Waals surface area contributed by atoms with E-state index in [4.69, 9.17) is 18.4 Å². The van der Waals surface area contributed by atoms with Crippen LogP contribution < -0.4 is 0 Å². The quantitative estimate of drug-likeness (QED) is 0.316. The second kappa shape index (κ2) is 6.39. The fraction of sp³-hybridized carbons (Fsp3) is 0.185. The van der Waals surface area contributed by atoms with Gasteiger partial charge in [-0.15, -0.1) is 0 Å². The van der Waals surface area contributed by atoms with E-state index < -0.39 is 6.04 Å². The lowest BCUT2D eigenvalue weighted by Gasteiger charge is -2.44. The Morgan fingerprint density at radius 3 is 1.79 bits per heavy atom. The molecule has 144 valence electrons. The molecule has 0 aromatic heterocycles. The van der Waals surface area contributed by atoms with Crippen molar-refractivity contribution < 1.29 is 0 Å². The number of allylic oxidation sites excluding steroid dienone is 2. The van der Waals surface area contributed by atoms with Crippen molar-refractivity contribution in [3.63, 3.8) is 0 Å². The molecule has 3 aromatic carbocycles. The van der Waals surface area contributed by atoms with Gasteiger partial charge in [-0.05, 0) is 46.7 Å². The van der Waals surface area contributed by atoms with Crippen LogP contribution in [0.15, 0.2) is 103 Å². The van der Waals surface area contributed by atoms with Gasteiger partial charge in [0.05, 0.1) is 0 Å². The highest BCUT2D eigenvalue weighted by molar-refractivity contribution is 8.20. The number of rotatable bonds is 3. The molecule has 2 heteroatoms. The molecular weight excluding hydrogens is 387 g/mol. The first-order valence-electron chi connectivity index (χ1n) is 10.1. The Morgan fingerprint density at radius 2 is 1.24 bits per heavy atom. The van der Waals surface area contributed by atoms with Gasteiger partial charge in [-0.25, -0.2) is 0 Å². The second-order valence-electron chi connectivity index (χ2n) is 8.60. The molecule has 29 heavy (non-hydrogen) atoms. The summed E-state index contributed by atoms with van der Waals surface area (Å²) in [5.74, 6) is 0. The topological polar surface area (TPSA) is 0 Å². The summed E-state index contributed by atoms with van der Waals surface area (Å²) in [6, 6.07) is 30.5. The third-order valence-corrected chi connectivity index (χ3v) is 13.4. The maximum Gasteiger partial charge on any atom is 0.0468 e. The molecule has 3 atom stereocenters. The third-order valence-electron chi connectivity index (χ3n) is 7.11. The van der Waals surface area contributed by atoms with E-state index in [0.717, 1.165) is 6.16 Å². The number of hydrogen-bond donors (Lipinski definition) is 0. The van der Waals surface area contributed by atoms with Crippen molar-refractivity contribution in [2.75, 3.05) is 6.16 Å². The zero-order chi connectivity index (χ0) is 20.3. The van der Waals surface area contributed by atoms with Gasteiger partial charge in [-0.2, -0.15) is 0 Å². The SMILES string of the molecule is C=C1[C@]2(C)CP(=S)(C(c3ccccc3)=C2c2ccccc2)[C@@]1(C)c1ccccc1. The predicted molar refractivity (Wildman–Crippen MR) is 130 cm³/mol. The number of hydrogen-bond acceptors (Lipinski definition) is 1. The minimum Gasteiger partial charge on any atom is -0.0977 e. The van der Waals surface area contributed by atoms with Gasteiger partial charge in [0.2, 0.25) is 0 Å². The van der Waals surface area contributed by atoms with Crippen LogP contribution in [0, 0.1) is 5.41 Å². The Bertz CT molecular complexity index is 1180.